The molecular weight excluding hydrogens is 571 g/mol. The van der Waals surface area contributed by atoms with Crippen LogP contribution < -0.4 is 4.18 Å². The number of rotatable bonds is 5. The molecule has 6 rings (SSSR count). The summed E-state index contributed by atoms with van der Waals surface area (Å²) in [4.78, 5) is 22.4. The average Bonchev–Trinajstić information content (AvgIpc) is 3.71. The van der Waals surface area contributed by atoms with Gasteiger partial charge in [-0.15, -0.1) is 0 Å². The molecule has 1 saturated carbocycles. The normalized spacial score (nSPS) is 22.0. The predicted octanol–water partition coefficient (Wildman–Crippen LogP) is 7.41. The SMILES string of the molecule is CC(C)(C)OC(=O)N1CCC[C@H]1c1ncc(-c2ccc(-c3ccc(OS(=O)(=O)C(F)(F)F)c4c3[C@H]3CC[C@@H]4C3)cc2)[nH]1. The smallest absolute Gasteiger partial charge is 0.444 e. The van der Waals surface area contributed by atoms with E-state index >= 15 is 0 Å². The average molecular weight is 604 g/mol. The molecule has 1 aromatic heterocycles. The maximum atomic E-state index is 13.0. The largest absolute Gasteiger partial charge is 0.534 e. The van der Waals surface area contributed by atoms with Gasteiger partial charge < -0.3 is 13.9 Å². The third kappa shape index (κ3) is 5.14. The summed E-state index contributed by atoms with van der Waals surface area (Å²) in [7, 11) is -5.76. The number of aromatic nitrogens is 2. The second-order valence-corrected chi connectivity index (χ2v) is 13.8. The van der Waals surface area contributed by atoms with E-state index in [0.717, 1.165) is 60.1 Å². The Bertz CT molecular complexity index is 1630. The van der Waals surface area contributed by atoms with Gasteiger partial charge in [-0.25, -0.2) is 9.78 Å². The monoisotopic (exact) mass is 603 g/mol. The molecule has 42 heavy (non-hydrogen) atoms. The van der Waals surface area contributed by atoms with Crippen LogP contribution in [0.4, 0.5) is 18.0 Å². The Morgan fingerprint density at radius 3 is 2.31 bits per heavy atom. The van der Waals surface area contributed by atoms with Crippen LogP contribution in [0.5, 0.6) is 5.75 Å². The van der Waals surface area contributed by atoms with Crippen LogP contribution in [0.1, 0.15) is 87.7 Å². The molecule has 3 atom stereocenters. The minimum absolute atomic E-state index is 0.0260. The number of benzene rings is 2. The lowest BCUT2D eigenvalue weighted by atomic mass is 9.85. The third-order valence-electron chi connectivity index (χ3n) is 8.28. The number of halogens is 3. The van der Waals surface area contributed by atoms with Crippen molar-refractivity contribution in [3.8, 4) is 28.1 Å². The molecule has 2 bridgehead atoms. The number of fused-ring (bicyclic) bond motifs is 5. The fourth-order valence-corrected chi connectivity index (χ4v) is 7.02. The molecule has 0 unspecified atom stereocenters. The van der Waals surface area contributed by atoms with Crippen molar-refractivity contribution in [2.75, 3.05) is 6.54 Å². The quantitative estimate of drug-likeness (QED) is 0.241. The number of hydrogen-bond donors (Lipinski definition) is 1. The number of hydrogen-bond acceptors (Lipinski definition) is 6. The molecule has 0 radical (unpaired) electrons. The maximum Gasteiger partial charge on any atom is 0.534 e. The van der Waals surface area contributed by atoms with Gasteiger partial charge in [-0.3, -0.25) is 4.90 Å². The number of amides is 1. The molecule has 1 aliphatic heterocycles. The predicted molar refractivity (Wildman–Crippen MR) is 149 cm³/mol. The van der Waals surface area contributed by atoms with Gasteiger partial charge in [0.05, 0.1) is 17.9 Å². The van der Waals surface area contributed by atoms with Crippen LogP contribution in [0.15, 0.2) is 42.6 Å². The second-order valence-electron chi connectivity index (χ2n) is 12.2. The summed E-state index contributed by atoms with van der Waals surface area (Å²) < 4.78 is 72.9. The van der Waals surface area contributed by atoms with Crippen molar-refractivity contribution in [3.63, 3.8) is 0 Å². The summed E-state index contributed by atoms with van der Waals surface area (Å²) in [6.45, 7) is 6.11. The molecule has 224 valence electrons. The minimum atomic E-state index is -5.76. The van der Waals surface area contributed by atoms with E-state index in [-0.39, 0.29) is 29.7 Å². The van der Waals surface area contributed by atoms with E-state index in [1.165, 1.54) is 6.07 Å². The van der Waals surface area contributed by atoms with E-state index in [0.29, 0.717) is 17.9 Å². The summed E-state index contributed by atoms with van der Waals surface area (Å²) in [5.74, 6) is 0.580. The molecule has 12 heteroatoms. The zero-order valence-corrected chi connectivity index (χ0v) is 24.3. The number of H-pyrrole nitrogens is 1. The fourth-order valence-electron chi connectivity index (χ4n) is 6.55. The van der Waals surface area contributed by atoms with Crippen molar-refractivity contribution in [2.45, 2.75) is 81.9 Å². The van der Waals surface area contributed by atoms with Gasteiger partial charge in [0, 0.05) is 12.1 Å². The van der Waals surface area contributed by atoms with E-state index in [1.54, 1.807) is 17.2 Å². The lowest BCUT2D eigenvalue weighted by Crippen LogP contribution is -2.36. The number of nitrogens with zero attached hydrogens (tertiary/aromatic N) is 2. The summed E-state index contributed by atoms with van der Waals surface area (Å²) in [5, 5.41) is 0. The standard InChI is InChI=1S/C30H32F3N3O5S/c1-29(2,3)40-28(37)36-14-4-5-23(36)27-34-16-22(35-27)18-8-6-17(7-9-18)21-12-13-24(41-42(38,39)30(31,32)33)26-20-11-10-19(15-20)25(21)26/h6-9,12-13,16,19-20,23H,4-5,10-11,14-15H2,1-3H3,(H,34,35)/t19-,20+,23-/m0/s1. The van der Waals surface area contributed by atoms with E-state index in [9.17, 15) is 26.4 Å². The van der Waals surface area contributed by atoms with E-state index in [1.807, 2.05) is 45.0 Å². The highest BCUT2D eigenvalue weighted by Gasteiger charge is 2.50. The molecule has 1 saturated heterocycles. The first-order chi connectivity index (χ1) is 19.7. The Labute approximate surface area is 242 Å². The zero-order chi connectivity index (χ0) is 30.0. The van der Waals surface area contributed by atoms with Gasteiger partial charge in [-0.05, 0) is 93.0 Å². The van der Waals surface area contributed by atoms with Crippen LogP contribution in [0.25, 0.3) is 22.4 Å². The first-order valence-corrected chi connectivity index (χ1v) is 15.5. The van der Waals surface area contributed by atoms with Crippen molar-refractivity contribution in [3.05, 3.63) is 59.5 Å². The Kier molecular flexibility index (Phi) is 6.82. The minimum Gasteiger partial charge on any atom is -0.444 e. The van der Waals surface area contributed by atoms with Crippen LogP contribution in [0, 0.1) is 0 Å². The molecule has 2 heterocycles. The third-order valence-corrected chi connectivity index (χ3v) is 9.24. The van der Waals surface area contributed by atoms with Crippen molar-refractivity contribution in [1.29, 1.82) is 0 Å². The van der Waals surface area contributed by atoms with Crippen LogP contribution >= 0.6 is 0 Å². The van der Waals surface area contributed by atoms with Gasteiger partial charge in [0.25, 0.3) is 0 Å². The number of likely N-dealkylation sites (tertiary alicyclic amines) is 1. The summed E-state index contributed by atoms with van der Waals surface area (Å²) in [6.07, 6.45) is 5.47. The molecule has 3 aliphatic rings. The number of nitrogens with one attached hydrogen (secondary N) is 1. The summed E-state index contributed by atoms with van der Waals surface area (Å²) in [5.41, 5.74) is -1.22. The van der Waals surface area contributed by atoms with Crippen molar-refractivity contribution < 1.29 is 35.3 Å². The molecule has 1 amide bonds. The number of carbonyl (C=O) groups is 1. The molecule has 0 spiro atoms. The molecule has 1 N–H and O–H groups in total. The Hall–Kier alpha value is -3.54. The van der Waals surface area contributed by atoms with Crippen LogP contribution in [0.2, 0.25) is 0 Å². The molecule has 2 aliphatic carbocycles. The van der Waals surface area contributed by atoms with Crippen LogP contribution in [-0.2, 0) is 14.9 Å². The first-order valence-electron chi connectivity index (χ1n) is 14.0. The van der Waals surface area contributed by atoms with Gasteiger partial charge in [0.15, 0.2) is 0 Å². The molecule has 2 fully saturated rings. The van der Waals surface area contributed by atoms with Crippen LogP contribution in [0.3, 0.4) is 0 Å². The molecule has 8 nitrogen and oxygen atoms in total. The first kappa shape index (κ1) is 28.6. The fraction of sp³-hybridized carbons (Fsp3) is 0.467. The van der Waals surface area contributed by atoms with Crippen molar-refractivity contribution in [2.24, 2.45) is 0 Å². The lowest BCUT2D eigenvalue weighted by Gasteiger charge is -2.27. The van der Waals surface area contributed by atoms with Gasteiger partial charge in [0.2, 0.25) is 0 Å². The highest BCUT2D eigenvalue weighted by molar-refractivity contribution is 7.88. The summed E-state index contributed by atoms with van der Waals surface area (Å²) >= 11 is 0. The highest BCUT2D eigenvalue weighted by atomic mass is 32.2. The highest BCUT2D eigenvalue weighted by Crippen LogP contribution is 2.58. The van der Waals surface area contributed by atoms with Crippen LogP contribution in [-0.4, -0.2) is 47.0 Å². The van der Waals surface area contributed by atoms with E-state index in [4.69, 9.17) is 4.74 Å². The second kappa shape index (κ2) is 10.0. The maximum absolute atomic E-state index is 13.0. The number of ether oxygens (including phenoxy) is 1. The Morgan fingerprint density at radius 2 is 1.64 bits per heavy atom. The lowest BCUT2D eigenvalue weighted by molar-refractivity contribution is -0.0500. The van der Waals surface area contributed by atoms with E-state index in [2.05, 4.69) is 14.2 Å². The number of aromatic amines is 1. The molecule has 3 aromatic rings. The van der Waals surface area contributed by atoms with Gasteiger partial charge >= 0.3 is 21.7 Å². The van der Waals surface area contributed by atoms with E-state index < -0.39 is 21.2 Å². The summed E-state index contributed by atoms with van der Waals surface area (Å²) in [6, 6.07) is 10.5. The van der Waals surface area contributed by atoms with Gasteiger partial charge in [-0.2, -0.15) is 21.6 Å². The molecule has 2 aromatic carbocycles. The number of carbonyl (C=O) groups excluding carboxylic acids is 1. The Morgan fingerprint density at radius 1 is 0.976 bits per heavy atom. The number of alkyl halides is 3. The van der Waals surface area contributed by atoms with Gasteiger partial charge in [0.1, 0.15) is 17.2 Å². The molecular formula is C30H32F3N3O5S. The van der Waals surface area contributed by atoms with Crippen molar-refractivity contribution in [1.82, 2.24) is 14.9 Å². The number of imidazole rings is 1. The zero-order valence-electron chi connectivity index (χ0n) is 23.5. The van der Waals surface area contributed by atoms with Gasteiger partial charge in [-0.1, -0.05) is 30.3 Å². The van der Waals surface area contributed by atoms with Crippen molar-refractivity contribution >= 4 is 16.2 Å². The Balaban J connectivity index is 1.25. The topological polar surface area (TPSA) is 102 Å².